The van der Waals surface area contributed by atoms with E-state index in [1.54, 1.807) is 20.8 Å². The number of ketones is 1. The van der Waals surface area contributed by atoms with Gasteiger partial charge in [0.1, 0.15) is 5.69 Å². The summed E-state index contributed by atoms with van der Waals surface area (Å²) in [5.41, 5.74) is 1.48. The second-order valence-electron chi connectivity index (χ2n) is 8.22. The molecule has 0 aliphatic rings. The van der Waals surface area contributed by atoms with Crippen molar-refractivity contribution in [1.29, 1.82) is 0 Å². The maximum atomic E-state index is 12.9. The van der Waals surface area contributed by atoms with Crippen LogP contribution in [0.4, 0.5) is 4.79 Å². The highest BCUT2D eigenvalue weighted by Gasteiger charge is 2.27. The number of esters is 1. The molecule has 0 radical (unpaired) electrons. The minimum absolute atomic E-state index is 0.0537. The molecule has 0 aliphatic carbocycles. The van der Waals surface area contributed by atoms with Gasteiger partial charge in [-0.1, -0.05) is 13.8 Å². The summed E-state index contributed by atoms with van der Waals surface area (Å²) in [4.78, 5) is 42.1. The van der Waals surface area contributed by atoms with E-state index in [2.05, 4.69) is 10.3 Å². The molecule has 27 heavy (non-hydrogen) atoms. The van der Waals surface area contributed by atoms with Crippen molar-refractivity contribution in [2.75, 3.05) is 19.7 Å². The number of Topliss-reactive ketones (excluding diaryl/α,β-unsaturated/α-hetero) is 1. The fraction of sp³-hybridized carbons (Fsp3) is 0.650. The van der Waals surface area contributed by atoms with E-state index in [1.165, 1.54) is 4.90 Å². The van der Waals surface area contributed by atoms with Crippen molar-refractivity contribution >= 4 is 17.8 Å². The molecule has 0 aliphatic heterocycles. The molecule has 2 amide bonds. The summed E-state index contributed by atoms with van der Waals surface area (Å²) in [5.74, 6) is -0.477. The molecule has 1 aromatic heterocycles. The molecule has 1 aromatic rings. The molecule has 0 fully saturated rings. The van der Waals surface area contributed by atoms with Gasteiger partial charge in [0.15, 0.2) is 5.78 Å². The summed E-state index contributed by atoms with van der Waals surface area (Å²) in [5, 5.41) is 2.90. The topological polar surface area (TPSA) is 91.5 Å². The number of amides is 2. The van der Waals surface area contributed by atoms with Crippen molar-refractivity contribution in [2.24, 2.45) is 5.92 Å². The zero-order chi connectivity index (χ0) is 20.9. The Bertz CT molecular complexity index is 699. The lowest BCUT2D eigenvalue weighted by atomic mass is 10.0. The van der Waals surface area contributed by atoms with E-state index in [9.17, 15) is 14.4 Å². The van der Waals surface area contributed by atoms with Crippen LogP contribution in [-0.4, -0.2) is 52.9 Å². The van der Waals surface area contributed by atoms with Gasteiger partial charge in [0.2, 0.25) is 0 Å². The number of aromatic amines is 1. The van der Waals surface area contributed by atoms with Crippen LogP contribution in [-0.2, 0) is 4.74 Å². The molecule has 1 rings (SSSR count). The molecular weight excluding hydrogens is 346 g/mol. The monoisotopic (exact) mass is 379 g/mol. The first-order valence-corrected chi connectivity index (χ1v) is 9.33. The fourth-order valence-electron chi connectivity index (χ4n) is 2.89. The Hall–Kier alpha value is -2.31. The zero-order valence-electron chi connectivity index (χ0n) is 17.8. The van der Waals surface area contributed by atoms with Crippen LogP contribution in [0.3, 0.4) is 0 Å². The maximum Gasteiger partial charge on any atom is 0.355 e. The smallest absolute Gasteiger partial charge is 0.355 e. The van der Waals surface area contributed by atoms with E-state index in [0.29, 0.717) is 23.4 Å². The number of carbonyl (C=O) groups is 3. The number of nitrogens with zero attached hydrogens (tertiary/aromatic N) is 1. The third kappa shape index (κ3) is 6.41. The van der Waals surface area contributed by atoms with Gasteiger partial charge in [0, 0.05) is 23.3 Å². The lowest BCUT2D eigenvalue weighted by Crippen LogP contribution is -2.50. The molecule has 2 N–H and O–H groups in total. The molecule has 0 saturated carbocycles. The lowest BCUT2D eigenvalue weighted by Gasteiger charge is -2.29. The average Bonchev–Trinajstić information content (AvgIpc) is 2.79. The van der Waals surface area contributed by atoms with Gasteiger partial charge >= 0.3 is 12.0 Å². The number of carbonyl (C=O) groups excluding carboxylic acids is 3. The Kier molecular flexibility index (Phi) is 7.63. The summed E-state index contributed by atoms with van der Waals surface area (Å²) in [7, 11) is 0. The Morgan fingerprint density at radius 1 is 1.19 bits per heavy atom. The Balaban J connectivity index is 3.08. The van der Waals surface area contributed by atoms with Crippen LogP contribution in [0.2, 0.25) is 0 Å². The number of hydrogen-bond donors (Lipinski definition) is 2. The number of nitrogens with one attached hydrogen (secondary N) is 2. The summed E-state index contributed by atoms with van der Waals surface area (Å²) >= 11 is 0. The van der Waals surface area contributed by atoms with Gasteiger partial charge in [0.05, 0.1) is 13.2 Å². The average molecular weight is 380 g/mol. The maximum absolute atomic E-state index is 12.9. The molecule has 0 unspecified atom stereocenters. The van der Waals surface area contributed by atoms with Gasteiger partial charge < -0.3 is 19.9 Å². The molecule has 0 aromatic carbocycles. The predicted molar refractivity (Wildman–Crippen MR) is 105 cm³/mol. The van der Waals surface area contributed by atoms with E-state index in [1.807, 2.05) is 34.6 Å². The van der Waals surface area contributed by atoms with E-state index in [4.69, 9.17) is 4.74 Å². The van der Waals surface area contributed by atoms with E-state index >= 15 is 0 Å². The lowest BCUT2D eigenvalue weighted by molar-refractivity contribution is 0.0519. The number of rotatable bonds is 7. The number of aryl methyl sites for hydroxylation is 1. The number of ether oxygens (including phenoxy) is 1. The third-order valence-electron chi connectivity index (χ3n) is 3.89. The Morgan fingerprint density at radius 3 is 2.26 bits per heavy atom. The van der Waals surface area contributed by atoms with Crippen LogP contribution in [0.25, 0.3) is 0 Å². The largest absolute Gasteiger partial charge is 0.461 e. The molecule has 7 heteroatoms. The molecule has 0 saturated heterocycles. The van der Waals surface area contributed by atoms with Crippen molar-refractivity contribution in [1.82, 2.24) is 15.2 Å². The van der Waals surface area contributed by atoms with Gasteiger partial charge in [-0.05, 0) is 53.0 Å². The summed E-state index contributed by atoms with van der Waals surface area (Å²) < 4.78 is 5.03. The van der Waals surface area contributed by atoms with Crippen molar-refractivity contribution < 1.29 is 19.1 Å². The zero-order valence-corrected chi connectivity index (χ0v) is 17.8. The molecule has 7 nitrogen and oxygen atoms in total. The normalized spacial score (nSPS) is 11.4. The highest BCUT2D eigenvalue weighted by atomic mass is 16.5. The second-order valence-corrected chi connectivity index (χ2v) is 8.22. The predicted octanol–water partition coefficient (Wildman–Crippen LogP) is 3.46. The van der Waals surface area contributed by atoms with Crippen LogP contribution in [0.5, 0.6) is 0 Å². The molecule has 0 spiro atoms. The fourth-order valence-corrected chi connectivity index (χ4v) is 2.89. The van der Waals surface area contributed by atoms with Gasteiger partial charge in [-0.3, -0.25) is 4.79 Å². The number of urea groups is 1. The number of hydrogen-bond acceptors (Lipinski definition) is 4. The molecule has 152 valence electrons. The quantitative estimate of drug-likeness (QED) is 0.561. The molecule has 0 bridgehead atoms. The van der Waals surface area contributed by atoms with E-state index in [-0.39, 0.29) is 36.6 Å². The van der Waals surface area contributed by atoms with Gasteiger partial charge in [0.25, 0.3) is 0 Å². The Labute approximate surface area is 161 Å². The van der Waals surface area contributed by atoms with E-state index < -0.39 is 11.5 Å². The SMILES string of the molecule is CCOC(=O)c1[nH]c(C)c(C(=O)CN(CC(C)C)C(=O)NC(C)(C)C)c1C. The highest BCUT2D eigenvalue weighted by Crippen LogP contribution is 2.20. The van der Waals surface area contributed by atoms with Gasteiger partial charge in [-0.15, -0.1) is 0 Å². The van der Waals surface area contributed by atoms with Gasteiger partial charge in [-0.2, -0.15) is 0 Å². The standard InChI is InChI=1S/C20H33N3O4/c1-9-27-18(25)17-13(4)16(14(5)21-17)15(24)11-23(10-12(2)3)19(26)22-20(6,7)8/h12,21H,9-11H2,1-8H3,(H,22,26). The van der Waals surface area contributed by atoms with E-state index in [0.717, 1.165) is 0 Å². The Morgan fingerprint density at radius 2 is 1.78 bits per heavy atom. The van der Waals surface area contributed by atoms with Crippen LogP contribution in [0.15, 0.2) is 0 Å². The summed E-state index contributed by atoms with van der Waals surface area (Å²) in [6.07, 6.45) is 0. The summed E-state index contributed by atoms with van der Waals surface area (Å²) in [6, 6.07) is -0.277. The molecular formula is C20H33N3O4. The first-order chi connectivity index (χ1) is 12.4. The minimum atomic E-state index is -0.485. The first-order valence-electron chi connectivity index (χ1n) is 9.33. The minimum Gasteiger partial charge on any atom is -0.461 e. The van der Waals surface area contributed by atoms with Crippen molar-refractivity contribution in [3.63, 3.8) is 0 Å². The summed E-state index contributed by atoms with van der Waals surface area (Å²) in [6.45, 7) is 15.5. The van der Waals surface area contributed by atoms with Crippen LogP contribution >= 0.6 is 0 Å². The molecule has 0 atom stereocenters. The second kappa shape index (κ2) is 9.06. The highest BCUT2D eigenvalue weighted by molar-refractivity contribution is 6.04. The third-order valence-corrected chi connectivity index (χ3v) is 3.89. The van der Waals surface area contributed by atoms with Crippen molar-refractivity contribution in [3.05, 3.63) is 22.5 Å². The van der Waals surface area contributed by atoms with Gasteiger partial charge in [-0.25, -0.2) is 9.59 Å². The number of aromatic nitrogens is 1. The van der Waals surface area contributed by atoms with Crippen molar-refractivity contribution in [2.45, 2.75) is 60.9 Å². The van der Waals surface area contributed by atoms with Crippen LogP contribution < -0.4 is 5.32 Å². The van der Waals surface area contributed by atoms with Crippen LogP contribution in [0, 0.1) is 19.8 Å². The first kappa shape index (κ1) is 22.7. The number of H-pyrrole nitrogens is 1. The van der Waals surface area contributed by atoms with Crippen molar-refractivity contribution in [3.8, 4) is 0 Å². The van der Waals surface area contributed by atoms with Crippen LogP contribution in [0.1, 0.15) is 73.6 Å². The molecule has 1 heterocycles.